The highest BCUT2D eigenvalue weighted by atomic mass is 19.3. The maximum atomic E-state index is 14.8. The Morgan fingerprint density at radius 3 is 2.64 bits per heavy atom. The first-order chi connectivity index (χ1) is 13.1. The lowest BCUT2D eigenvalue weighted by Gasteiger charge is -2.25. The lowest BCUT2D eigenvalue weighted by atomic mass is 9.88. The number of ether oxygens (including phenoxy) is 2. The second kappa shape index (κ2) is 9.16. The van der Waals surface area contributed by atoms with Crippen LogP contribution >= 0.6 is 0 Å². The number of hydrogen-bond donors (Lipinski definition) is 1. The average Bonchev–Trinajstić information content (AvgIpc) is 2.76. The third kappa shape index (κ3) is 6.12. The van der Waals surface area contributed by atoms with Gasteiger partial charge in [-0.1, -0.05) is 0 Å². The van der Waals surface area contributed by atoms with Crippen molar-refractivity contribution in [2.24, 2.45) is 5.92 Å². The molecule has 0 amide bonds. The van der Waals surface area contributed by atoms with Crippen LogP contribution in [-0.2, 0) is 16.1 Å². The number of aromatic nitrogens is 1. The minimum atomic E-state index is -2.86. The van der Waals surface area contributed by atoms with Gasteiger partial charge in [0.05, 0.1) is 13.7 Å². The van der Waals surface area contributed by atoms with Crippen molar-refractivity contribution in [1.29, 1.82) is 0 Å². The van der Waals surface area contributed by atoms with E-state index in [0.717, 1.165) is 0 Å². The van der Waals surface area contributed by atoms with Gasteiger partial charge in [0.1, 0.15) is 5.60 Å². The van der Waals surface area contributed by atoms with Gasteiger partial charge in [0.15, 0.2) is 0 Å². The highest BCUT2D eigenvalue weighted by molar-refractivity contribution is 5.69. The maximum Gasteiger partial charge on any atom is 0.306 e. The summed E-state index contributed by atoms with van der Waals surface area (Å²) in [5.41, 5.74) is 0.286. The minimum Gasteiger partial charge on any atom is -0.481 e. The molecule has 1 heterocycles. The van der Waals surface area contributed by atoms with Crippen LogP contribution in [0.4, 0.5) is 8.78 Å². The van der Waals surface area contributed by atoms with Crippen LogP contribution in [0.5, 0.6) is 5.88 Å². The number of nitrogens with zero attached hydrogens (tertiary/aromatic N) is 1. The van der Waals surface area contributed by atoms with Gasteiger partial charge in [-0.15, -0.1) is 0 Å². The summed E-state index contributed by atoms with van der Waals surface area (Å²) in [5.74, 6) is -3.79. The van der Waals surface area contributed by atoms with Gasteiger partial charge in [0.25, 0.3) is 5.92 Å². The van der Waals surface area contributed by atoms with Crippen LogP contribution < -0.4 is 4.74 Å². The number of methoxy groups -OCH3 is 1. The molecule has 0 saturated heterocycles. The molecule has 0 bridgehead atoms. The largest absolute Gasteiger partial charge is 0.481 e. The van der Waals surface area contributed by atoms with Crippen LogP contribution in [0.2, 0.25) is 0 Å². The Balaban J connectivity index is 2.05. The molecule has 158 valence electrons. The van der Waals surface area contributed by atoms with Crippen LogP contribution in [0, 0.1) is 5.92 Å². The molecule has 1 fully saturated rings. The van der Waals surface area contributed by atoms with Crippen LogP contribution in [0.25, 0.3) is 0 Å². The predicted molar refractivity (Wildman–Crippen MR) is 101 cm³/mol. The van der Waals surface area contributed by atoms with Gasteiger partial charge >= 0.3 is 5.97 Å². The standard InChI is InChI=1S/C21H31F2NO4/c1-20(2,3)28-18(26)8-6-14-5-7-17(21(22,23)10-9-14)15-11-16(13-25)19(27-4)24-12-15/h11-12,14,17,25H,5-10,13H2,1-4H3. The minimum absolute atomic E-state index is 0.0620. The highest BCUT2D eigenvalue weighted by Gasteiger charge is 2.43. The molecule has 7 heteroatoms. The summed E-state index contributed by atoms with van der Waals surface area (Å²) in [6.45, 7) is 5.11. The summed E-state index contributed by atoms with van der Waals surface area (Å²) >= 11 is 0. The van der Waals surface area contributed by atoms with E-state index < -0.39 is 17.4 Å². The predicted octanol–water partition coefficient (Wildman–Crippen LogP) is 4.61. The third-order valence-electron chi connectivity index (χ3n) is 5.15. The van der Waals surface area contributed by atoms with Gasteiger partial charge in [-0.25, -0.2) is 13.8 Å². The number of carbonyl (C=O) groups excluding carboxylic acids is 1. The van der Waals surface area contributed by atoms with Crippen molar-refractivity contribution in [3.05, 3.63) is 23.4 Å². The normalized spacial score (nSPS) is 22.4. The van der Waals surface area contributed by atoms with E-state index in [2.05, 4.69) is 4.98 Å². The summed E-state index contributed by atoms with van der Waals surface area (Å²) in [4.78, 5) is 16.0. The first-order valence-corrected chi connectivity index (χ1v) is 9.79. The fourth-order valence-corrected chi connectivity index (χ4v) is 3.75. The molecule has 2 unspecified atom stereocenters. The Labute approximate surface area is 165 Å². The van der Waals surface area contributed by atoms with E-state index in [1.165, 1.54) is 13.3 Å². The van der Waals surface area contributed by atoms with E-state index in [0.29, 0.717) is 36.8 Å². The number of alkyl halides is 2. The Kier molecular flexibility index (Phi) is 7.37. The molecule has 1 aliphatic carbocycles. The molecule has 28 heavy (non-hydrogen) atoms. The van der Waals surface area contributed by atoms with E-state index in [1.807, 2.05) is 20.8 Å². The molecule has 0 aromatic carbocycles. The number of pyridine rings is 1. The summed E-state index contributed by atoms with van der Waals surface area (Å²) < 4.78 is 40.0. The molecule has 1 saturated carbocycles. The van der Waals surface area contributed by atoms with Crippen molar-refractivity contribution in [1.82, 2.24) is 4.98 Å². The molecule has 2 atom stereocenters. The van der Waals surface area contributed by atoms with Crippen molar-refractivity contribution >= 4 is 5.97 Å². The molecule has 1 aromatic heterocycles. The molecule has 2 rings (SSSR count). The summed E-state index contributed by atoms with van der Waals surface area (Å²) in [7, 11) is 1.43. The van der Waals surface area contributed by atoms with E-state index >= 15 is 0 Å². The smallest absolute Gasteiger partial charge is 0.306 e. The molecule has 1 N–H and O–H groups in total. The van der Waals surface area contributed by atoms with Crippen LogP contribution in [0.1, 0.15) is 76.3 Å². The first kappa shape index (κ1) is 22.5. The molecule has 1 aliphatic rings. The molecular weight excluding hydrogens is 368 g/mol. The molecule has 0 radical (unpaired) electrons. The number of carbonyl (C=O) groups is 1. The SMILES string of the molecule is COc1ncc(C2CCC(CCC(=O)OC(C)(C)C)CCC2(F)F)cc1CO. The fourth-order valence-electron chi connectivity index (χ4n) is 3.75. The van der Waals surface area contributed by atoms with Gasteiger partial charge in [-0.3, -0.25) is 4.79 Å². The van der Waals surface area contributed by atoms with Gasteiger partial charge in [0.2, 0.25) is 5.88 Å². The quantitative estimate of drug-likeness (QED) is 0.559. The zero-order valence-electron chi connectivity index (χ0n) is 17.1. The van der Waals surface area contributed by atoms with E-state index in [9.17, 15) is 18.7 Å². The molecular formula is C21H31F2NO4. The lowest BCUT2D eigenvalue weighted by molar-refractivity contribution is -0.155. The second-order valence-electron chi connectivity index (χ2n) is 8.52. The summed E-state index contributed by atoms with van der Waals surface area (Å²) in [6.07, 6.45) is 3.29. The van der Waals surface area contributed by atoms with Crippen molar-refractivity contribution in [2.75, 3.05) is 7.11 Å². The number of rotatable bonds is 6. The van der Waals surface area contributed by atoms with Crippen molar-refractivity contribution in [3.63, 3.8) is 0 Å². The Hall–Kier alpha value is -1.76. The van der Waals surface area contributed by atoms with Crippen molar-refractivity contribution < 1.29 is 28.2 Å². The fraction of sp³-hybridized carbons (Fsp3) is 0.714. The van der Waals surface area contributed by atoms with Crippen molar-refractivity contribution in [3.8, 4) is 5.88 Å². The highest BCUT2D eigenvalue weighted by Crippen LogP contribution is 2.46. The zero-order chi connectivity index (χ0) is 20.9. The topological polar surface area (TPSA) is 68.7 Å². The van der Waals surface area contributed by atoms with Gasteiger partial charge in [0, 0.05) is 30.5 Å². The number of aliphatic hydroxyl groups excluding tert-OH is 1. The molecule has 0 aliphatic heterocycles. The summed E-state index contributed by atoms with van der Waals surface area (Å²) in [5, 5.41) is 9.45. The van der Waals surface area contributed by atoms with Crippen molar-refractivity contribution in [2.45, 2.75) is 83.3 Å². The second-order valence-corrected chi connectivity index (χ2v) is 8.52. The Bertz CT molecular complexity index is 673. The van der Waals surface area contributed by atoms with Gasteiger partial charge in [-0.05, 0) is 64.0 Å². The summed E-state index contributed by atoms with van der Waals surface area (Å²) in [6, 6.07) is 1.56. The van der Waals surface area contributed by atoms with Crippen LogP contribution in [-0.4, -0.2) is 34.7 Å². The first-order valence-electron chi connectivity index (χ1n) is 9.79. The number of hydrogen-bond acceptors (Lipinski definition) is 5. The zero-order valence-corrected chi connectivity index (χ0v) is 17.1. The number of halogens is 2. The van der Waals surface area contributed by atoms with E-state index in [-0.39, 0.29) is 37.2 Å². The van der Waals surface area contributed by atoms with E-state index in [1.54, 1.807) is 6.07 Å². The third-order valence-corrected chi connectivity index (χ3v) is 5.15. The van der Waals surface area contributed by atoms with Crippen LogP contribution in [0.3, 0.4) is 0 Å². The Morgan fingerprint density at radius 1 is 1.32 bits per heavy atom. The van der Waals surface area contributed by atoms with Gasteiger partial charge in [-0.2, -0.15) is 0 Å². The number of esters is 1. The molecule has 1 aromatic rings. The maximum absolute atomic E-state index is 14.8. The van der Waals surface area contributed by atoms with E-state index in [4.69, 9.17) is 9.47 Å². The monoisotopic (exact) mass is 399 g/mol. The lowest BCUT2D eigenvalue weighted by Crippen LogP contribution is -2.25. The number of aliphatic hydroxyl groups is 1. The molecule has 0 spiro atoms. The average molecular weight is 399 g/mol. The van der Waals surface area contributed by atoms with Gasteiger partial charge < -0.3 is 14.6 Å². The molecule has 5 nitrogen and oxygen atoms in total. The Morgan fingerprint density at radius 2 is 2.04 bits per heavy atom. The van der Waals surface area contributed by atoms with Crippen LogP contribution in [0.15, 0.2) is 12.3 Å².